The summed E-state index contributed by atoms with van der Waals surface area (Å²) in [6.45, 7) is 2.08. The molecule has 0 bridgehead atoms. The van der Waals surface area contributed by atoms with Crippen LogP contribution in [-0.4, -0.2) is 13.0 Å². The van der Waals surface area contributed by atoms with Gasteiger partial charge >= 0.3 is 0 Å². The van der Waals surface area contributed by atoms with Gasteiger partial charge in [0.1, 0.15) is 0 Å². The Labute approximate surface area is 62.3 Å². The number of carbonyl (C=O) groups is 1. The second-order valence-corrected chi connectivity index (χ2v) is 2.09. The first-order valence-corrected chi connectivity index (χ1v) is 3.66. The molecule has 1 N–H and O–H groups in total. The lowest BCUT2D eigenvalue weighted by molar-refractivity contribution is -0.120. The number of allylic oxidation sites excluding steroid dienone is 2. The maximum atomic E-state index is 10.6. The Morgan fingerprint density at radius 2 is 2.20 bits per heavy atom. The molecule has 0 aromatic rings. The smallest absolute Gasteiger partial charge is 0.220 e. The molecular formula is C8H15NO. The van der Waals surface area contributed by atoms with E-state index in [0.29, 0.717) is 6.42 Å². The van der Waals surface area contributed by atoms with Gasteiger partial charge in [-0.25, -0.2) is 0 Å². The average Bonchev–Trinajstić information content (AvgIpc) is 1.98. The lowest BCUT2D eigenvalue weighted by atomic mass is 10.2. The van der Waals surface area contributed by atoms with Crippen molar-refractivity contribution in [1.29, 1.82) is 0 Å². The van der Waals surface area contributed by atoms with Crippen molar-refractivity contribution >= 4 is 5.91 Å². The Morgan fingerprint density at radius 3 is 2.70 bits per heavy atom. The van der Waals surface area contributed by atoms with Gasteiger partial charge in [-0.05, 0) is 12.8 Å². The van der Waals surface area contributed by atoms with Crippen molar-refractivity contribution in [1.82, 2.24) is 5.32 Å². The van der Waals surface area contributed by atoms with Crippen LogP contribution in [0.3, 0.4) is 0 Å². The van der Waals surface area contributed by atoms with Crippen LogP contribution < -0.4 is 5.32 Å². The van der Waals surface area contributed by atoms with E-state index in [0.717, 1.165) is 12.8 Å². The molecule has 10 heavy (non-hydrogen) atoms. The highest BCUT2D eigenvalue weighted by Crippen LogP contribution is 1.91. The van der Waals surface area contributed by atoms with Crippen LogP contribution in [0.4, 0.5) is 0 Å². The van der Waals surface area contributed by atoms with Crippen LogP contribution in [0.1, 0.15) is 26.2 Å². The summed E-state index contributed by atoms with van der Waals surface area (Å²) in [7, 11) is 1.66. The molecule has 0 saturated heterocycles. The van der Waals surface area contributed by atoms with Gasteiger partial charge in [-0.15, -0.1) is 0 Å². The van der Waals surface area contributed by atoms with Crippen molar-refractivity contribution in [3.8, 4) is 0 Å². The van der Waals surface area contributed by atoms with E-state index in [4.69, 9.17) is 0 Å². The minimum absolute atomic E-state index is 0.112. The maximum Gasteiger partial charge on any atom is 0.220 e. The second-order valence-electron chi connectivity index (χ2n) is 2.09. The van der Waals surface area contributed by atoms with Crippen molar-refractivity contribution in [2.45, 2.75) is 26.2 Å². The molecule has 0 saturated carbocycles. The summed E-state index contributed by atoms with van der Waals surface area (Å²) in [6.07, 6.45) is 6.62. The molecule has 0 aromatic carbocycles. The van der Waals surface area contributed by atoms with Crippen molar-refractivity contribution < 1.29 is 4.79 Å². The highest BCUT2D eigenvalue weighted by molar-refractivity contribution is 5.75. The molecule has 2 nitrogen and oxygen atoms in total. The van der Waals surface area contributed by atoms with Gasteiger partial charge in [0.15, 0.2) is 0 Å². The van der Waals surface area contributed by atoms with E-state index in [1.165, 1.54) is 0 Å². The van der Waals surface area contributed by atoms with E-state index in [-0.39, 0.29) is 5.91 Å². The molecule has 0 heterocycles. The van der Waals surface area contributed by atoms with Crippen LogP contribution in [-0.2, 0) is 4.79 Å². The maximum absolute atomic E-state index is 10.6. The Morgan fingerprint density at radius 1 is 1.50 bits per heavy atom. The van der Waals surface area contributed by atoms with Crippen molar-refractivity contribution in [3.05, 3.63) is 12.2 Å². The van der Waals surface area contributed by atoms with Crippen LogP contribution in [0, 0.1) is 0 Å². The third-order valence-electron chi connectivity index (χ3n) is 1.22. The Hall–Kier alpha value is -0.790. The van der Waals surface area contributed by atoms with E-state index in [2.05, 4.69) is 18.3 Å². The molecule has 0 atom stereocenters. The predicted octanol–water partition coefficient (Wildman–Crippen LogP) is 1.48. The standard InChI is InChI=1S/C8H15NO/c1-3-4-5-6-7-8(10)9-2/h4-5H,3,6-7H2,1-2H3,(H,9,10). The van der Waals surface area contributed by atoms with Gasteiger partial charge in [0.25, 0.3) is 0 Å². The summed E-state index contributed by atoms with van der Waals surface area (Å²) in [5, 5.41) is 2.57. The van der Waals surface area contributed by atoms with Gasteiger partial charge in [-0.3, -0.25) is 4.79 Å². The zero-order valence-electron chi connectivity index (χ0n) is 6.68. The second kappa shape index (κ2) is 6.33. The van der Waals surface area contributed by atoms with Gasteiger partial charge in [0.2, 0.25) is 5.91 Å². The first kappa shape index (κ1) is 9.21. The summed E-state index contributed by atoms with van der Waals surface area (Å²) in [5.74, 6) is 0.112. The summed E-state index contributed by atoms with van der Waals surface area (Å²) >= 11 is 0. The van der Waals surface area contributed by atoms with Crippen LogP contribution in [0.15, 0.2) is 12.2 Å². The molecular weight excluding hydrogens is 126 g/mol. The monoisotopic (exact) mass is 141 g/mol. The molecule has 0 aliphatic carbocycles. The van der Waals surface area contributed by atoms with Gasteiger partial charge in [-0.2, -0.15) is 0 Å². The van der Waals surface area contributed by atoms with Crippen LogP contribution >= 0.6 is 0 Å². The number of nitrogens with one attached hydrogen (secondary N) is 1. The molecule has 0 aliphatic rings. The third kappa shape index (κ3) is 5.35. The van der Waals surface area contributed by atoms with Crippen LogP contribution in [0.2, 0.25) is 0 Å². The normalized spacial score (nSPS) is 10.2. The molecule has 0 rings (SSSR count). The fourth-order valence-electron chi connectivity index (χ4n) is 0.624. The number of carbonyl (C=O) groups excluding carboxylic acids is 1. The molecule has 1 amide bonds. The van der Waals surface area contributed by atoms with E-state index in [1.54, 1.807) is 7.05 Å². The predicted molar refractivity (Wildman–Crippen MR) is 42.7 cm³/mol. The number of hydrogen-bond donors (Lipinski definition) is 1. The Kier molecular flexibility index (Phi) is 5.83. The molecule has 0 spiro atoms. The number of rotatable bonds is 4. The molecule has 0 fully saturated rings. The lowest BCUT2D eigenvalue weighted by Gasteiger charge is -1.93. The van der Waals surface area contributed by atoms with E-state index >= 15 is 0 Å². The van der Waals surface area contributed by atoms with Crippen molar-refractivity contribution in [3.63, 3.8) is 0 Å². The van der Waals surface area contributed by atoms with Crippen molar-refractivity contribution in [2.75, 3.05) is 7.05 Å². The number of hydrogen-bond acceptors (Lipinski definition) is 1. The minimum Gasteiger partial charge on any atom is -0.359 e. The zero-order valence-corrected chi connectivity index (χ0v) is 6.68. The molecule has 0 aromatic heterocycles. The fourth-order valence-corrected chi connectivity index (χ4v) is 0.624. The molecule has 0 radical (unpaired) electrons. The van der Waals surface area contributed by atoms with E-state index in [9.17, 15) is 4.79 Å². The summed E-state index contributed by atoms with van der Waals surface area (Å²) in [5.41, 5.74) is 0. The SMILES string of the molecule is CCC=CCCC(=O)NC. The first-order valence-electron chi connectivity index (χ1n) is 3.66. The Balaban J connectivity index is 3.19. The highest BCUT2D eigenvalue weighted by Gasteiger charge is 1.92. The fraction of sp³-hybridized carbons (Fsp3) is 0.625. The van der Waals surface area contributed by atoms with Gasteiger partial charge in [0, 0.05) is 13.5 Å². The summed E-state index contributed by atoms with van der Waals surface area (Å²) in [4.78, 5) is 10.6. The highest BCUT2D eigenvalue weighted by atomic mass is 16.1. The molecule has 0 aliphatic heterocycles. The molecule has 0 unspecified atom stereocenters. The Bertz CT molecular complexity index is 118. The summed E-state index contributed by atoms with van der Waals surface area (Å²) < 4.78 is 0. The first-order chi connectivity index (χ1) is 4.81. The zero-order chi connectivity index (χ0) is 7.82. The quantitative estimate of drug-likeness (QED) is 0.590. The average molecular weight is 141 g/mol. The van der Waals surface area contributed by atoms with E-state index < -0.39 is 0 Å². The van der Waals surface area contributed by atoms with Gasteiger partial charge in [-0.1, -0.05) is 19.1 Å². The van der Waals surface area contributed by atoms with E-state index in [1.807, 2.05) is 6.08 Å². The largest absolute Gasteiger partial charge is 0.359 e. The molecule has 58 valence electrons. The van der Waals surface area contributed by atoms with Gasteiger partial charge < -0.3 is 5.32 Å². The van der Waals surface area contributed by atoms with Crippen molar-refractivity contribution in [2.24, 2.45) is 0 Å². The van der Waals surface area contributed by atoms with Gasteiger partial charge in [0.05, 0.1) is 0 Å². The number of amides is 1. The lowest BCUT2D eigenvalue weighted by Crippen LogP contribution is -2.16. The third-order valence-corrected chi connectivity index (χ3v) is 1.22. The molecule has 2 heteroatoms. The van der Waals surface area contributed by atoms with Crippen LogP contribution in [0.25, 0.3) is 0 Å². The van der Waals surface area contributed by atoms with Crippen LogP contribution in [0.5, 0.6) is 0 Å². The minimum atomic E-state index is 0.112. The topological polar surface area (TPSA) is 29.1 Å². The summed E-state index contributed by atoms with van der Waals surface area (Å²) in [6, 6.07) is 0.